The quantitative estimate of drug-likeness (QED) is 0.525. The van der Waals surface area contributed by atoms with Crippen LogP contribution in [-0.4, -0.2) is 0 Å². The summed E-state index contributed by atoms with van der Waals surface area (Å²) < 4.78 is 11.6. The van der Waals surface area contributed by atoms with Crippen molar-refractivity contribution in [1.29, 1.82) is 0 Å². The molecule has 0 atom stereocenters. The van der Waals surface area contributed by atoms with Gasteiger partial charge in [0.2, 0.25) is 5.43 Å². The molecular weight excluding hydrogens is 292 g/mol. The highest BCUT2D eigenvalue weighted by atomic mass is 16.3. The van der Waals surface area contributed by atoms with Crippen molar-refractivity contribution >= 4 is 32.9 Å². The van der Waals surface area contributed by atoms with Crippen molar-refractivity contribution in [3.8, 4) is 0 Å². The van der Waals surface area contributed by atoms with Gasteiger partial charge in [0.15, 0.2) is 5.43 Å². The molecule has 0 aliphatic rings. The maximum Gasteiger partial charge on any atom is 0.200 e. The highest BCUT2D eigenvalue weighted by molar-refractivity contribution is 6.00. The van der Waals surface area contributed by atoms with E-state index in [4.69, 9.17) is 8.83 Å². The van der Waals surface area contributed by atoms with E-state index in [1.165, 1.54) is 12.3 Å². The van der Waals surface area contributed by atoms with Crippen LogP contribution in [0, 0.1) is 0 Å². The molecule has 0 aliphatic heterocycles. The molecule has 4 heteroatoms. The third kappa shape index (κ3) is 1.99. The number of rotatable bonds is 2. The van der Waals surface area contributed by atoms with Crippen molar-refractivity contribution in [2.45, 2.75) is 19.8 Å². The molecular formula is C19H14O4. The van der Waals surface area contributed by atoms with Crippen LogP contribution in [0.5, 0.6) is 0 Å². The summed E-state index contributed by atoms with van der Waals surface area (Å²) in [5.74, 6) is 0. The van der Waals surface area contributed by atoms with Crippen LogP contribution in [0.1, 0.15) is 18.9 Å². The van der Waals surface area contributed by atoms with Crippen molar-refractivity contribution in [2.24, 2.45) is 0 Å². The topological polar surface area (TPSA) is 60.4 Å². The zero-order valence-corrected chi connectivity index (χ0v) is 12.6. The summed E-state index contributed by atoms with van der Waals surface area (Å²) in [6.07, 6.45) is 2.90. The molecule has 2 aromatic heterocycles. The Bertz CT molecular complexity index is 1160. The first-order chi connectivity index (χ1) is 11.2. The molecule has 2 aromatic carbocycles. The van der Waals surface area contributed by atoms with Gasteiger partial charge in [-0.25, -0.2) is 0 Å². The second-order valence-corrected chi connectivity index (χ2v) is 5.57. The highest BCUT2D eigenvalue weighted by Crippen LogP contribution is 2.28. The largest absolute Gasteiger partial charge is 0.464 e. The van der Waals surface area contributed by atoms with Gasteiger partial charge in [-0.1, -0.05) is 25.5 Å². The Hall–Kier alpha value is -2.88. The van der Waals surface area contributed by atoms with E-state index in [1.807, 2.05) is 13.0 Å². The average molecular weight is 306 g/mol. The first-order valence-electron chi connectivity index (χ1n) is 7.59. The van der Waals surface area contributed by atoms with Gasteiger partial charge >= 0.3 is 0 Å². The Morgan fingerprint density at radius 1 is 0.957 bits per heavy atom. The molecule has 0 bridgehead atoms. The van der Waals surface area contributed by atoms with Gasteiger partial charge in [-0.15, -0.1) is 0 Å². The molecule has 4 rings (SSSR count). The van der Waals surface area contributed by atoms with Crippen LogP contribution in [0.2, 0.25) is 0 Å². The van der Waals surface area contributed by atoms with Gasteiger partial charge in [-0.2, -0.15) is 0 Å². The predicted octanol–water partition coefficient (Wildman–Crippen LogP) is 4.01. The van der Waals surface area contributed by atoms with Gasteiger partial charge in [0.05, 0.1) is 22.4 Å². The highest BCUT2D eigenvalue weighted by Gasteiger charge is 2.17. The molecule has 0 fully saturated rings. The number of hydrogen-bond acceptors (Lipinski definition) is 4. The molecule has 0 unspecified atom stereocenters. The summed E-state index contributed by atoms with van der Waals surface area (Å²) >= 11 is 0. The van der Waals surface area contributed by atoms with Gasteiger partial charge in [0.25, 0.3) is 0 Å². The zero-order valence-electron chi connectivity index (χ0n) is 12.6. The number of benzene rings is 2. The second-order valence-electron chi connectivity index (χ2n) is 5.57. The van der Waals surface area contributed by atoms with Crippen LogP contribution in [-0.2, 0) is 6.42 Å². The number of hydrogen-bond donors (Lipinski definition) is 0. The third-order valence-electron chi connectivity index (χ3n) is 4.09. The van der Waals surface area contributed by atoms with Crippen molar-refractivity contribution in [3.63, 3.8) is 0 Å². The lowest BCUT2D eigenvalue weighted by atomic mass is 10.0. The van der Waals surface area contributed by atoms with Gasteiger partial charge in [0, 0.05) is 11.6 Å². The molecule has 0 spiro atoms. The molecule has 2 heterocycles. The van der Waals surface area contributed by atoms with Crippen molar-refractivity contribution in [1.82, 2.24) is 0 Å². The van der Waals surface area contributed by atoms with Crippen LogP contribution < -0.4 is 10.9 Å². The van der Waals surface area contributed by atoms with Gasteiger partial charge < -0.3 is 8.83 Å². The van der Waals surface area contributed by atoms with Crippen molar-refractivity contribution in [3.05, 3.63) is 68.7 Å². The van der Waals surface area contributed by atoms with Crippen LogP contribution in [0.3, 0.4) is 0 Å². The maximum absolute atomic E-state index is 12.8. The molecule has 114 valence electrons. The summed E-state index contributed by atoms with van der Waals surface area (Å²) in [5.41, 5.74) is 2.06. The van der Waals surface area contributed by atoms with Crippen LogP contribution in [0.4, 0.5) is 0 Å². The Labute approximate surface area is 131 Å². The van der Waals surface area contributed by atoms with E-state index < -0.39 is 0 Å². The lowest BCUT2D eigenvalue weighted by Crippen LogP contribution is -2.07. The lowest BCUT2D eigenvalue weighted by Gasteiger charge is -2.09. The summed E-state index contributed by atoms with van der Waals surface area (Å²) in [4.78, 5) is 25.0. The maximum atomic E-state index is 12.8. The van der Waals surface area contributed by atoms with Gasteiger partial charge in [0.1, 0.15) is 16.7 Å². The minimum atomic E-state index is -0.155. The summed E-state index contributed by atoms with van der Waals surface area (Å²) in [6, 6.07) is 10.1. The van der Waals surface area contributed by atoms with E-state index in [2.05, 4.69) is 0 Å². The lowest BCUT2D eigenvalue weighted by molar-refractivity contribution is 0.592. The second kappa shape index (κ2) is 5.09. The molecule has 0 aliphatic carbocycles. The molecule has 4 aromatic rings. The van der Waals surface area contributed by atoms with Gasteiger partial charge in [-0.05, 0) is 24.6 Å². The Kier molecular flexibility index (Phi) is 3.05. The van der Waals surface area contributed by atoms with E-state index in [0.29, 0.717) is 39.3 Å². The van der Waals surface area contributed by atoms with E-state index in [1.54, 1.807) is 24.3 Å². The Morgan fingerprint density at radius 3 is 2.61 bits per heavy atom. The molecule has 0 N–H and O–H groups in total. The van der Waals surface area contributed by atoms with E-state index in [9.17, 15) is 9.59 Å². The Morgan fingerprint density at radius 2 is 1.78 bits per heavy atom. The monoisotopic (exact) mass is 306 g/mol. The number of fused-ring (bicyclic) bond motifs is 3. The van der Waals surface area contributed by atoms with Crippen molar-refractivity contribution < 1.29 is 8.83 Å². The summed E-state index contributed by atoms with van der Waals surface area (Å²) in [7, 11) is 0. The third-order valence-corrected chi connectivity index (χ3v) is 4.09. The fourth-order valence-electron chi connectivity index (χ4n) is 3.04. The molecule has 0 saturated heterocycles. The van der Waals surface area contributed by atoms with Gasteiger partial charge in [-0.3, -0.25) is 9.59 Å². The fourth-order valence-corrected chi connectivity index (χ4v) is 3.04. The normalized spacial score (nSPS) is 11.5. The van der Waals surface area contributed by atoms with Crippen LogP contribution in [0.15, 0.2) is 61.1 Å². The minimum Gasteiger partial charge on any atom is -0.464 e. The summed E-state index contributed by atoms with van der Waals surface area (Å²) in [6.45, 7) is 2.03. The molecule has 4 nitrogen and oxygen atoms in total. The van der Waals surface area contributed by atoms with Crippen LogP contribution in [0.25, 0.3) is 32.9 Å². The SMILES string of the molecule is CCCc1c2occc(=O)c2cc2c(=O)c3ccccc3oc12. The van der Waals surface area contributed by atoms with E-state index in [-0.39, 0.29) is 10.9 Å². The molecule has 0 radical (unpaired) electrons. The Balaban J connectivity index is 2.32. The molecule has 0 saturated carbocycles. The zero-order chi connectivity index (χ0) is 16.0. The fraction of sp³-hybridized carbons (Fsp3) is 0.158. The first-order valence-corrected chi connectivity index (χ1v) is 7.59. The predicted molar refractivity (Wildman–Crippen MR) is 90.0 cm³/mol. The van der Waals surface area contributed by atoms with Crippen LogP contribution >= 0.6 is 0 Å². The smallest absolute Gasteiger partial charge is 0.200 e. The summed E-state index contributed by atoms with van der Waals surface area (Å²) in [5, 5.41) is 1.37. The van der Waals surface area contributed by atoms with Crippen molar-refractivity contribution in [2.75, 3.05) is 0 Å². The van der Waals surface area contributed by atoms with E-state index >= 15 is 0 Å². The molecule has 0 amide bonds. The molecule has 23 heavy (non-hydrogen) atoms. The number of aryl methyl sites for hydroxylation is 1. The van der Waals surface area contributed by atoms with E-state index in [0.717, 1.165) is 12.0 Å². The first kappa shape index (κ1) is 13.8. The number of para-hydroxylation sites is 1. The standard InChI is InChI=1S/C19H14O4/c1-2-5-12-18-13(15(20)8-9-22-18)10-14-17(21)11-6-3-4-7-16(11)23-19(12)14/h3-4,6-10H,2,5H2,1H3. The minimum absolute atomic E-state index is 0.121. The average Bonchev–Trinajstić information content (AvgIpc) is 2.57.